The molecule has 8 nitrogen and oxygen atoms in total. The van der Waals surface area contributed by atoms with Gasteiger partial charge in [0.05, 0.1) is 11.4 Å². The first kappa shape index (κ1) is 17.0. The number of hydrogen-bond acceptors (Lipinski definition) is 6. The number of aryl methyl sites for hydroxylation is 1. The molecule has 0 amide bonds. The second kappa shape index (κ2) is 7.12. The molecule has 1 fully saturated rings. The Bertz CT molecular complexity index is 1080. The van der Waals surface area contributed by atoms with Crippen LogP contribution in [0.4, 0.5) is 0 Å². The summed E-state index contributed by atoms with van der Waals surface area (Å²) in [5.41, 5.74) is 4.88. The lowest BCUT2D eigenvalue weighted by atomic mass is 9.96. The molecule has 142 valence electrons. The maximum Gasteiger partial charge on any atom is 0.177 e. The van der Waals surface area contributed by atoms with E-state index in [-0.39, 0.29) is 0 Å². The van der Waals surface area contributed by atoms with Gasteiger partial charge >= 0.3 is 0 Å². The normalized spacial score (nSPS) is 16.0. The number of nitrogens with one attached hydrogen (secondary N) is 1. The number of aromatic amines is 1. The number of hydrogen-bond donors (Lipinski definition) is 1. The molecular weight excluding hydrogens is 352 g/mol. The molecule has 8 heteroatoms. The summed E-state index contributed by atoms with van der Waals surface area (Å²) in [7, 11) is 0. The maximum absolute atomic E-state index is 4.79. The van der Waals surface area contributed by atoms with Crippen molar-refractivity contribution in [1.29, 1.82) is 0 Å². The predicted octanol–water partition coefficient (Wildman–Crippen LogP) is 2.60. The average molecular weight is 374 g/mol. The Labute approximate surface area is 162 Å². The Morgan fingerprint density at radius 1 is 1.14 bits per heavy atom. The summed E-state index contributed by atoms with van der Waals surface area (Å²) in [6.07, 6.45) is 5.68. The highest BCUT2D eigenvalue weighted by molar-refractivity contribution is 5.58. The van der Waals surface area contributed by atoms with Crippen LogP contribution in [0, 0.1) is 6.92 Å². The van der Waals surface area contributed by atoms with E-state index in [0.717, 1.165) is 66.6 Å². The zero-order chi connectivity index (χ0) is 18.9. The monoisotopic (exact) mass is 374 g/mol. The maximum atomic E-state index is 4.79. The van der Waals surface area contributed by atoms with Gasteiger partial charge in [-0.05, 0) is 63.2 Å². The SMILES string of the molecule is Cc1cc(CN2CCC(c3nnc4ccc(-c5cccnc5)nn34)CC2)n[nH]1. The zero-order valence-electron chi connectivity index (χ0n) is 15.8. The molecule has 28 heavy (non-hydrogen) atoms. The van der Waals surface area contributed by atoms with Crippen molar-refractivity contribution in [2.45, 2.75) is 32.2 Å². The summed E-state index contributed by atoms with van der Waals surface area (Å²) < 4.78 is 1.90. The van der Waals surface area contributed by atoms with Gasteiger partial charge in [-0.15, -0.1) is 10.2 Å². The van der Waals surface area contributed by atoms with Gasteiger partial charge in [-0.3, -0.25) is 15.0 Å². The van der Waals surface area contributed by atoms with E-state index in [9.17, 15) is 0 Å². The van der Waals surface area contributed by atoms with E-state index in [2.05, 4.69) is 36.3 Å². The Kier molecular flexibility index (Phi) is 4.32. The fourth-order valence-corrected chi connectivity index (χ4v) is 3.86. The Balaban J connectivity index is 1.34. The van der Waals surface area contributed by atoms with Gasteiger partial charge in [0, 0.05) is 36.1 Å². The van der Waals surface area contributed by atoms with Crippen LogP contribution in [0.2, 0.25) is 0 Å². The van der Waals surface area contributed by atoms with Crippen LogP contribution in [0.15, 0.2) is 42.7 Å². The van der Waals surface area contributed by atoms with Crippen LogP contribution in [0.5, 0.6) is 0 Å². The minimum absolute atomic E-state index is 0.365. The van der Waals surface area contributed by atoms with E-state index in [1.165, 1.54) is 0 Å². The molecule has 0 bridgehead atoms. The number of H-pyrrole nitrogens is 1. The van der Waals surface area contributed by atoms with Crippen molar-refractivity contribution in [3.05, 3.63) is 59.9 Å². The Morgan fingerprint density at radius 2 is 2.04 bits per heavy atom. The molecule has 0 radical (unpaired) electrons. The second-order valence-electron chi connectivity index (χ2n) is 7.38. The number of likely N-dealkylation sites (tertiary alicyclic amines) is 1. The zero-order valence-corrected chi connectivity index (χ0v) is 15.8. The molecule has 4 aromatic heterocycles. The van der Waals surface area contributed by atoms with Crippen LogP contribution in [0.3, 0.4) is 0 Å². The summed E-state index contributed by atoms with van der Waals surface area (Å²) >= 11 is 0. The van der Waals surface area contributed by atoms with Crippen LogP contribution in [-0.2, 0) is 6.54 Å². The molecule has 5 rings (SSSR count). The van der Waals surface area contributed by atoms with Crippen molar-refractivity contribution in [3.63, 3.8) is 0 Å². The van der Waals surface area contributed by atoms with Gasteiger partial charge in [0.2, 0.25) is 0 Å². The highest BCUT2D eigenvalue weighted by Gasteiger charge is 2.25. The van der Waals surface area contributed by atoms with Gasteiger partial charge in [0.15, 0.2) is 11.5 Å². The molecule has 0 spiro atoms. The van der Waals surface area contributed by atoms with Crippen molar-refractivity contribution in [1.82, 2.24) is 39.9 Å². The molecule has 5 heterocycles. The van der Waals surface area contributed by atoms with Crippen molar-refractivity contribution in [3.8, 4) is 11.3 Å². The molecule has 1 aliphatic heterocycles. The molecule has 0 aromatic carbocycles. The fourth-order valence-electron chi connectivity index (χ4n) is 3.86. The molecule has 0 unspecified atom stereocenters. The Morgan fingerprint density at radius 3 is 2.79 bits per heavy atom. The second-order valence-corrected chi connectivity index (χ2v) is 7.38. The smallest absolute Gasteiger partial charge is 0.177 e. The van der Waals surface area contributed by atoms with Crippen molar-refractivity contribution in [2.24, 2.45) is 0 Å². The number of aromatic nitrogens is 7. The lowest BCUT2D eigenvalue weighted by Crippen LogP contribution is -2.33. The van der Waals surface area contributed by atoms with Gasteiger partial charge < -0.3 is 0 Å². The van der Waals surface area contributed by atoms with Crippen molar-refractivity contribution in [2.75, 3.05) is 13.1 Å². The molecule has 0 atom stereocenters. The molecular formula is C20H22N8. The molecule has 1 saturated heterocycles. The highest BCUT2D eigenvalue weighted by Crippen LogP contribution is 2.28. The lowest BCUT2D eigenvalue weighted by Gasteiger charge is -2.30. The van der Waals surface area contributed by atoms with Gasteiger partial charge in [-0.2, -0.15) is 14.7 Å². The molecule has 1 N–H and O–H groups in total. The van der Waals surface area contributed by atoms with Crippen LogP contribution in [0.1, 0.15) is 36.0 Å². The quantitative estimate of drug-likeness (QED) is 0.591. The summed E-state index contributed by atoms with van der Waals surface area (Å²) in [6, 6.07) is 9.99. The van der Waals surface area contributed by atoms with Gasteiger partial charge in [-0.1, -0.05) is 0 Å². The van der Waals surface area contributed by atoms with Crippen LogP contribution in [0.25, 0.3) is 16.9 Å². The molecule has 4 aromatic rings. The van der Waals surface area contributed by atoms with E-state index in [0.29, 0.717) is 5.92 Å². The summed E-state index contributed by atoms with van der Waals surface area (Å²) in [6.45, 7) is 4.97. The topological polar surface area (TPSA) is 87.9 Å². The van der Waals surface area contributed by atoms with E-state index in [1.54, 1.807) is 6.20 Å². The molecule has 0 aliphatic carbocycles. The minimum Gasteiger partial charge on any atom is -0.297 e. The number of rotatable bonds is 4. The molecule has 1 aliphatic rings. The number of pyridine rings is 1. The van der Waals surface area contributed by atoms with Gasteiger partial charge in [0.25, 0.3) is 0 Å². The highest BCUT2D eigenvalue weighted by atomic mass is 15.4. The van der Waals surface area contributed by atoms with Crippen molar-refractivity contribution < 1.29 is 0 Å². The lowest BCUT2D eigenvalue weighted by molar-refractivity contribution is 0.199. The fraction of sp³-hybridized carbons (Fsp3) is 0.350. The first-order valence-electron chi connectivity index (χ1n) is 9.62. The third kappa shape index (κ3) is 3.27. The third-order valence-electron chi connectivity index (χ3n) is 5.34. The van der Waals surface area contributed by atoms with Gasteiger partial charge in [0.1, 0.15) is 0 Å². The summed E-state index contributed by atoms with van der Waals surface area (Å²) in [5, 5.41) is 21.0. The summed E-state index contributed by atoms with van der Waals surface area (Å²) in [5.74, 6) is 1.32. The van der Waals surface area contributed by atoms with E-state index >= 15 is 0 Å². The van der Waals surface area contributed by atoms with Gasteiger partial charge in [-0.25, -0.2) is 0 Å². The first-order chi connectivity index (χ1) is 13.8. The van der Waals surface area contributed by atoms with Crippen LogP contribution in [-0.4, -0.2) is 53.0 Å². The van der Waals surface area contributed by atoms with E-state index in [4.69, 9.17) is 5.10 Å². The van der Waals surface area contributed by atoms with E-state index < -0.39 is 0 Å². The van der Waals surface area contributed by atoms with Crippen molar-refractivity contribution >= 4 is 5.65 Å². The third-order valence-corrected chi connectivity index (χ3v) is 5.34. The largest absolute Gasteiger partial charge is 0.297 e. The number of nitrogens with zero attached hydrogens (tertiary/aromatic N) is 7. The van der Waals surface area contributed by atoms with Crippen LogP contribution >= 0.6 is 0 Å². The number of fused-ring (bicyclic) bond motifs is 1. The Hall–Kier alpha value is -3.13. The minimum atomic E-state index is 0.365. The average Bonchev–Trinajstić information content (AvgIpc) is 3.35. The van der Waals surface area contributed by atoms with Crippen LogP contribution < -0.4 is 0 Å². The predicted molar refractivity (Wildman–Crippen MR) is 105 cm³/mol. The molecule has 0 saturated carbocycles. The number of piperidine rings is 1. The van der Waals surface area contributed by atoms with E-state index in [1.807, 2.05) is 41.9 Å². The summed E-state index contributed by atoms with van der Waals surface area (Å²) in [4.78, 5) is 6.64. The standard InChI is InChI=1S/C20H22N8/c1-14-11-17(23-22-14)13-27-9-6-15(7-10-27)20-25-24-19-5-4-18(26-28(19)20)16-3-2-8-21-12-16/h2-5,8,11-12,15H,6-7,9-10,13H2,1H3,(H,22,23). The first-order valence-corrected chi connectivity index (χ1v) is 9.62.